The fourth-order valence-electron chi connectivity index (χ4n) is 2.88. The van der Waals surface area contributed by atoms with Gasteiger partial charge >= 0.3 is 0 Å². The lowest BCUT2D eigenvalue weighted by Crippen LogP contribution is -2.16. The van der Waals surface area contributed by atoms with E-state index in [4.69, 9.17) is 0 Å². The third-order valence-electron chi connectivity index (χ3n) is 3.92. The normalized spacial score (nSPS) is 17.2. The van der Waals surface area contributed by atoms with Gasteiger partial charge in [-0.1, -0.05) is 42.5 Å². The Kier molecular flexibility index (Phi) is 3.23. The summed E-state index contributed by atoms with van der Waals surface area (Å²) in [5.41, 5.74) is 2.17. The second-order valence-electron chi connectivity index (χ2n) is 5.32. The Morgan fingerprint density at radius 3 is 2.70 bits per heavy atom. The molecular formula is C18H16O2. The number of carbonyl (C=O) groups is 2. The summed E-state index contributed by atoms with van der Waals surface area (Å²) >= 11 is 0. The maximum Gasteiger partial charge on any atom is 0.163 e. The molecule has 0 heterocycles. The van der Waals surface area contributed by atoms with Crippen LogP contribution in [0.15, 0.2) is 42.5 Å². The van der Waals surface area contributed by atoms with Crippen molar-refractivity contribution in [3.8, 4) is 0 Å². The molecule has 0 saturated carbocycles. The molecule has 0 bridgehead atoms. The Morgan fingerprint density at radius 1 is 1.10 bits per heavy atom. The zero-order valence-corrected chi connectivity index (χ0v) is 11.4. The lowest BCUT2D eigenvalue weighted by Gasteiger charge is -2.21. The maximum absolute atomic E-state index is 12.1. The summed E-state index contributed by atoms with van der Waals surface area (Å²) in [6.07, 6.45) is 4.62. The molecule has 2 heteroatoms. The number of hydrogen-bond acceptors (Lipinski definition) is 2. The van der Waals surface area contributed by atoms with Crippen molar-refractivity contribution in [3.05, 3.63) is 53.6 Å². The van der Waals surface area contributed by atoms with Gasteiger partial charge in [0.05, 0.1) is 0 Å². The van der Waals surface area contributed by atoms with Crippen LogP contribution in [0.4, 0.5) is 0 Å². The van der Waals surface area contributed by atoms with E-state index in [9.17, 15) is 9.59 Å². The van der Waals surface area contributed by atoms with Crippen molar-refractivity contribution in [2.24, 2.45) is 0 Å². The molecule has 1 unspecified atom stereocenters. The molecule has 1 aliphatic carbocycles. The lowest BCUT2D eigenvalue weighted by atomic mass is 9.81. The summed E-state index contributed by atoms with van der Waals surface area (Å²) in [5.74, 6) is 0.0622. The molecule has 0 aliphatic heterocycles. The van der Waals surface area contributed by atoms with Crippen LogP contribution in [0.5, 0.6) is 0 Å². The van der Waals surface area contributed by atoms with Crippen molar-refractivity contribution in [2.45, 2.75) is 25.7 Å². The molecule has 2 aromatic rings. The Labute approximate surface area is 118 Å². The Morgan fingerprint density at radius 2 is 1.90 bits per heavy atom. The van der Waals surface area contributed by atoms with Crippen molar-refractivity contribution in [2.75, 3.05) is 0 Å². The SMILES string of the molecule is CC(=O)CCC1C(=O)C=Cc2c1ccc1ccccc21. The number of allylic oxidation sites excluding steroid dienone is 1. The van der Waals surface area contributed by atoms with E-state index in [0.29, 0.717) is 12.8 Å². The molecule has 0 spiro atoms. The average Bonchev–Trinajstić information content (AvgIpc) is 2.45. The van der Waals surface area contributed by atoms with Gasteiger partial charge in [-0.25, -0.2) is 0 Å². The highest BCUT2D eigenvalue weighted by Gasteiger charge is 2.25. The predicted molar refractivity (Wildman–Crippen MR) is 80.6 cm³/mol. The topological polar surface area (TPSA) is 34.1 Å². The Bertz CT molecular complexity index is 725. The second kappa shape index (κ2) is 5.04. The van der Waals surface area contributed by atoms with E-state index in [1.165, 1.54) is 10.8 Å². The third kappa shape index (κ3) is 2.18. The molecule has 0 saturated heterocycles. The third-order valence-corrected chi connectivity index (χ3v) is 3.92. The van der Waals surface area contributed by atoms with Crippen molar-refractivity contribution in [1.82, 2.24) is 0 Å². The van der Waals surface area contributed by atoms with Gasteiger partial charge in [0.1, 0.15) is 5.78 Å². The fourth-order valence-corrected chi connectivity index (χ4v) is 2.88. The Balaban J connectivity index is 2.10. The summed E-state index contributed by atoms with van der Waals surface area (Å²) in [6, 6.07) is 12.3. The molecule has 0 N–H and O–H groups in total. The lowest BCUT2D eigenvalue weighted by molar-refractivity contribution is -0.118. The van der Waals surface area contributed by atoms with E-state index in [2.05, 4.69) is 18.2 Å². The number of benzene rings is 2. The number of rotatable bonds is 3. The van der Waals surface area contributed by atoms with Crippen LogP contribution in [0.1, 0.15) is 36.8 Å². The van der Waals surface area contributed by atoms with Crippen LogP contribution in [0.2, 0.25) is 0 Å². The van der Waals surface area contributed by atoms with E-state index in [1.807, 2.05) is 24.3 Å². The number of ketones is 2. The van der Waals surface area contributed by atoms with E-state index < -0.39 is 0 Å². The molecule has 0 fully saturated rings. The van der Waals surface area contributed by atoms with Crippen LogP contribution in [0.25, 0.3) is 16.8 Å². The number of hydrogen-bond donors (Lipinski definition) is 0. The summed E-state index contributed by atoms with van der Waals surface area (Å²) < 4.78 is 0. The predicted octanol–water partition coefficient (Wildman–Crippen LogP) is 3.89. The number of carbonyl (C=O) groups excluding carboxylic acids is 2. The summed E-state index contributed by atoms with van der Waals surface area (Å²) in [5, 5.41) is 2.34. The number of Topliss-reactive ketones (excluding diaryl/α,β-unsaturated/α-hetero) is 1. The van der Waals surface area contributed by atoms with E-state index in [0.717, 1.165) is 11.1 Å². The average molecular weight is 264 g/mol. The highest BCUT2D eigenvalue weighted by Crippen LogP contribution is 2.35. The monoisotopic (exact) mass is 264 g/mol. The molecule has 20 heavy (non-hydrogen) atoms. The van der Waals surface area contributed by atoms with Crippen LogP contribution >= 0.6 is 0 Å². The molecule has 3 rings (SSSR count). The second-order valence-corrected chi connectivity index (χ2v) is 5.32. The minimum atomic E-state index is -0.177. The van der Waals surface area contributed by atoms with Crippen LogP contribution in [-0.4, -0.2) is 11.6 Å². The molecule has 100 valence electrons. The largest absolute Gasteiger partial charge is 0.300 e. The van der Waals surface area contributed by atoms with Gasteiger partial charge in [0.25, 0.3) is 0 Å². The van der Waals surface area contributed by atoms with Crippen molar-refractivity contribution < 1.29 is 9.59 Å². The highest BCUT2D eigenvalue weighted by molar-refractivity contribution is 6.06. The van der Waals surface area contributed by atoms with Crippen molar-refractivity contribution >= 4 is 28.4 Å². The first-order chi connectivity index (χ1) is 9.66. The van der Waals surface area contributed by atoms with E-state index >= 15 is 0 Å². The van der Waals surface area contributed by atoms with Gasteiger partial charge in [-0.05, 0) is 41.3 Å². The zero-order chi connectivity index (χ0) is 14.1. The minimum absolute atomic E-state index is 0.106. The molecule has 0 radical (unpaired) electrons. The standard InChI is InChI=1S/C18H16O2/c1-12(19)6-8-17-16-9-7-13-4-2-3-5-14(13)15(16)10-11-18(17)20/h2-5,7,9-11,17H,6,8H2,1H3. The van der Waals surface area contributed by atoms with Crippen molar-refractivity contribution in [1.29, 1.82) is 0 Å². The first kappa shape index (κ1) is 12.8. The number of fused-ring (bicyclic) bond motifs is 3. The Hall–Kier alpha value is -2.22. The van der Waals surface area contributed by atoms with E-state index in [-0.39, 0.29) is 17.5 Å². The fraction of sp³-hybridized carbons (Fsp3) is 0.222. The molecule has 2 aromatic carbocycles. The van der Waals surface area contributed by atoms with Gasteiger partial charge in [-0.3, -0.25) is 4.79 Å². The quantitative estimate of drug-likeness (QED) is 0.842. The zero-order valence-electron chi connectivity index (χ0n) is 11.4. The van der Waals surface area contributed by atoms with Gasteiger partial charge in [0, 0.05) is 12.3 Å². The molecule has 1 aliphatic rings. The molecule has 0 aromatic heterocycles. The smallest absolute Gasteiger partial charge is 0.163 e. The van der Waals surface area contributed by atoms with Crippen molar-refractivity contribution in [3.63, 3.8) is 0 Å². The summed E-state index contributed by atoms with van der Waals surface area (Å²) in [7, 11) is 0. The van der Waals surface area contributed by atoms with Gasteiger partial charge in [0.15, 0.2) is 5.78 Å². The van der Waals surface area contributed by atoms with Crippen LogP contribution in [-0.2, 0) is 9.59 Å². The van der Waals surface area contributed by atoms with Crippen LogP contribution < -0.4 is 0 Å². The summed E-state index contributed by atoms with van der Waals surface area (Å²) in [4.78, 5) is 23.3. The first-order valence-corrected chi connectivity index (χ1v) is 6.90. The highest BCUT2D eigenvalue weighted by atomic mass is 16.1. The first-order valence-electron chi connectivity index (χ1n) is 6.90. The van der Waals surface area contributed by atoms with Crippen LogP contribution in [0, 0.1) is 0 Å². The summed E-state index contributed by atoms with van der Waals surface area (Å²) in [6.45, 7) is 1.57. The van der Waals surface area contributed by atoms with Gasteiger partial charge in [-0.2, -0.15) is 0 Å². The molecular weight excluding hydrogens is 248 g/mol. The van der Waals surface area contributed by atoms with Gasteiger partial charge in [0.2, 0.25) is 0 Å². The molecule has 1 atom stereocenters. The van der Waals surface area contributed by atoms with Crippen LogP contribution in [0.3, 0.4) is 0 Å². The maximum atomic E-state index is 12.1. The minimum Gasteiger partial charge on any atom is -0.300 e. The van der Waals surface area contributed by atoms with E-state index in [1.54, 1.807) is 13.0 Å². The van der Waals surface area contributed by atoms with Gasteiger partial charge < -0.3 is 4.79 Å². The molecule has 2 nitrogen and oxygen atoms in total. The van der Waals surface area contributed by atoms with Gasteiger partial charge in [-0.15, -0.1) is 0 Å². The molecule has 0 amide bonds.